The van der Waals surface area contributed by atoms with Gasteiger partial charge in [0.1, 0.15) is 5.82 Å². The van der Waals surface area contributed by atoms with Crippen LogP contribution in [0.3, 0.4) is 0 Å². The Hall–Kier alpha value is -2.53. The highest BCUT2D eigenvalue weighted by molar-refractivity contribution is 7.98. The van der Waals surface area contributed by atoms with E-state index < -0.39 is 0 Å². The van der Waals surface area contributed by atoms with Crippen molar-refractivity contribution >= 4 is 29.2 Å². The molecule has 0 radical (unpaired) electrons. The second kappa shape index (κ2) is 8.72. The minimum Gasteiger partial charge on any atom is -0.352 e. The van der Waals surface area contributed by atoms with Gasteiger partial charge in [0.15, 0.2) is 0 Å². The number of thioether (sulfide) groups is 1. The largest absolute Gasteiger partial charge is 0.352 e. The lowest BCUT2D eigenvalue weighted by atomic mass is 10.1. The van der Waals surface area contributed by atoms with Crippen LogP contribution >= 0.6 is 11.8 Å². The molecule has 3 aromatic rings. The average molecular weight is 365 g/mol. The summed E-state index contributed by atoms with van der Waals surface area (Å²) >= 11 is 1.72. The van der Waals surface area contributed by atoms with Crippen LogP contribution in [0.2, 0.25) is 0 Å². The predicted octanol–water partition coefficient (Wildman–Crippen LogP) is 5.82. The van der Waals surface area contributed by atoms with Gasteiger partial charge >= 0.3 is 0 Å². The molecular weight excluding hydrogens is 340 g/mol. The number of nitrogens with one attached hydrogen (secondary N) is 2. The third-order valence-corrected chi connectivity index (χ3v) is 4.85. The molecule has 0 bridgehead atoms. The molecule has 2 N–H and O–H groups in total. The van der Waals surface area contributed by atoms with Gasteiger partial charge in [-0.3, -0.25) is 0 Å². The highest BCUT2D eigenvalue weighted by Crippen LogP contribution is 2.25. The smallest absolute Gasteiger partial charge is 0.225 e. The molecule has 134 valence electrons. The zero-order chi connectivity index (χ0) is 18.4. The number of nitrogens with zero attached hydrogens (tertiary/aromatic N) is 2. The lowest BCUT2D eigenvalue weighted by Gasteiger charge is -2.15. The van der Waals surface area contributed by atoms with Crippen molar-refractivity contribution in [2.45, 2.75) is 31.2 Å². The third kappa shape index (κ3) is 4.76. The standard InChI is InChI=1S/C21H24N4S/c1-4-15(2)22-21-24-19(16-9-6-5-7-10-16)14-20(25-21)23-17-11-8-12-18(13-17)26-3/h5-15H,4H2,1-3H3,(H2,22,23,24,25)/t15-/m1/s1. The van der Waals surface area contributed by atoms with E-state index in [1.165, 1.54) is 4.90 Å². The number of hydrogen-bond acceptors (Lipinski definition) is 5. The molecule has 1 heterocycles. The first-order valence-corrected chi connectivity index (χ1v) is 10.0. The van der Waals surface area contributed by atoms with Crippen molar-refractivity contribution in [3.05, 3.63) is 60.7 Å². The molecule has 3 rings (SSSR count). The van der Waals surface area contributed by atoms with Crippen LogP contribution in [0.1, 0.15) is 20.3 Å². The Morgan fingerprint density at radius 3 is 2.54 bits per heavy atom. The summed E-state index contributed by atoms with van der Waals surface area (Å²) in [5.41, 5.74) is 2.99. The van der Waals surface area contributed by atoms with Gasteiger partial charge in [-0.25, -0.2) is 4.98 Å². The van der Waals surface area contributed by atoms with E-state index in [2.05, 4.69) is 60.0 Å². The maximum atomic E-state index is 4.70. The van der Waals surface area contributed by atoms with Gasteiger partial charge in [-0.2, -0.15) is 4.98 Å². The predicted molar refractivity (Wildman–Crippen MR) is 112 cm³/mol. The Morgan fingerprint density at radius 2 is 1.81 bits per heavy atom. The minimum absolute atomic E-state index is 0.314. The number of aromatic nitrogens is 2. The topological polar surface area (TPSA) is 49.8 Å². The fraction of sp³-hybridized carbons (Fsp3) is 0.238. The van der Waals surface area contributed by atoms with Crippen molar-refractivity contribution in [2.24, 2.45) is 0 Å². The Bertz CT molecular complexity index is 852. The van der Waals surface area contributed by atoms with Crippen LogP contribution in [-0.2, 0) is 0 Å². The van der Waals surface area contributed by atoms with E-state index in [-0.39, 0.29) is 0 Å². The number of rotatable bonds is 7. The van der Waals surface area contributed by atoms with Crippen molar-refractivity contribution in [3.8, 4) is 11.3 Å². The lowest BCUT2D eigenvalue weighted by Crippen LogP contribution is -2.16. The summed E-state index contributed by atoms with van der Waals surface area (Å²) in [6.45, 7) is 4.28. The van der Waals surface area contributed by atoms with E-state index in [0.29, 0.717) is 12.0 Å². The van der Waals surface area contributed by atoms with Crippen LogP contribution in [-0.4, -0.2) is 22.3 Å². The SMILES string of the molecule is CC[C@@H](C)Nc1nc(Nc2cccc(SC)c2)cc(-c2ccccc2)n1. The van der Waals surface area contributed by atoms with Crippen LogP contribution in [0, 0.1) is 0 Å². The van der Waals surface area contributed by atoms with Gasteiger partial charge < -0.3 is 10.6 Å². The van der Waals surface area contributed by atoms with E-state index in [0.717, 1.165) is 29.2 Å². The van der Waals surface area contributed by atoms with Gasteiger partial charge in [0.05, 0.1) is 5.69 Å². The first-order valence-electron chi connectivity index (χ1n) is 8.80. The molecule has 0 saturated heterocycles. The molecule has 26 heavy (non-hydrogen) atoms. The minimum atomic E-state index is 0.314. The monoisotopic (exact) mass is 364 g/mol. The van der Waals surface area contributed by atoms with Crippen molar-refractivity contribution in [2.75, 3.05) is 16.9 Å². The van der Waals surface area contributed by atoms with Crippen molar-refractivity contribution < 1.29 is 0 Å². The van der Waals surface area contributed by atoms with E-state index in [4.69, 9.17) is 4.98 Å². The van der Waals surface area contributed by atoms with E-state index in [1.807, 2.05) is 36.4 Å². The number of anilines is 3. The molecule has 2 aromatic carbocycles. The summed E-state index contributed by atoms with van der Waals surface area (Å²) in [4.78, 5) is 10.6. The van der Waals surface area contributed by atoms with E-state index >= 15 is 0 Å². The second-order valence-electron chi connectivity index (χ2n) is 6.14. The maximum Gasteiger partial charge on any atom is 0.225 e. The molecule has 0 aliphatic carbocycles. The normalized spacial score (nSPS) is 11.8. The number of hydrogen-bond donors (Lipinski definition) is 2. The maximum absolute atomic E-state index is 4.70. The van der Waals surface area contributed by atoms with E-state index in [1.54, 1.807) is 11.8 Å². The Labute approximate surface area is 159 Å². The molecule has 0 fully saturated rings. The van der Waals surface area contributed by atoms with Crippen molar-refractivity contribution in [3.63, 3.8) is 0 Å². The zero-order valence-corrected chi connectivity index (χ0v) is 16.2. The summed E-state index contributed by atoms with van der Waals surface area (Å²) in [5, 5.41) is 6.80. The molecular formula is C21H24N4S. The third-order valence-electron chi connectivity index (χ3n) is 4.13. The van der Waals surface area contributed by atoms with Gasteiger partial charge in [0.25, 0.3) is 0 Å². The quantitative estimate of drug-likeness (QED) is 0.517. The molecule has 0 spiro atoms. The van der Waals surface area contributed by atoms with Crippen molar-refractivity contribution in [1.29, 1.82) is 0 Å². The molecule has 5 heteroatoms. The summed E-state index contributed by atoms with van der Waals surface area (Å²) in [5.74, 6) is 1.42. The lowest BCUT2D eigenvalue weighted by molar-refractivity contribution is 0.753. The van der Waals surface area contributed by atoms with Crippen molar-refractivity contribution in [1.82, 2.24) is 9.97 Å². The second-order valence-corrected chi connectivity index (χ2v) is 7.02. The summed E-state index contributed by atoms with van der Waals surface area (Å²) in [7, 11) is 0. The first kappa shape index (κ1) is 18.3. The van der Waals surface area contributed by atoms with Gasteiger partial charge in [0, 0.05) is 28.3 Å². The van der Waals surface area contributed by atoms with Crippen LogP contribution in [0.5, 0.6) is 0 Å². The molecule has 0 aliphatic rings. The van der Waals surface area contributed by atoms with Gasteiger partial charge in [0.2, 0.25) is 5.95 Å². The molecule has 1 aromatic heterocycles. The molecule has 0 amide bonds. The number of benzene rings is 2. The highest BCUT2D eigenvalue weighted by Gasteiger charge is 2.09. The Balaban J connectivity index is 1.96. The van der Waals surface area contributed by atoms with Gasteiger partial charge in [-0.1, -0.05) is 43.3 Å². The van der Waals surface area contributed by atoms with E-state index in [9.17, 15) is 0 Å². The fourth-order valence-electron chi connectivity index (χ4n) is 2.50. The molecule has 4 nitrogen and oxygen atoms in total. The Morgan fingerprint density at radius 1 is 1.00 bits per heavy atom. The molecule has 0 unspecified atom stereocenters. The van der Waals surface area contributed by atoms with Crippen LogP contribution < -0.4 is 10.6 Å². The first-order chi connectivity index (χ1) is 12.7. The zero-order valence-electron chi connectivity index (χ0n) is 15.4. The van der Waals surface area contributed by atoms with Crippen LogP contribution in [0.15, 0.2) is 65.6 Å². The summed E-state index contributed by atoms with van der Waals surface area (Å²) < 4.78 is 0. The fourth-order valence-corrected chi connectivity index (χ4v) is 2.96. The van der Waals surface area contributed by atoms with Crippen LogP contribution in [0.25, 0.3) is 11.3 Å². The molecule has 0 saturated carbocycles. The van der Waals surface area contributed by atoms with Gasteiger partial charge in [-0.05, 0) is 37.8 Å². The molecule has 1 atom stereocenters. The summed E-state index contributed by atoms with van der Waals surface area (Å²) in [6, 6.07) is 20.8. The highest BCUT2D eigenvalue weighted by atomic mass is 32.2. The summed E-state index contributed by atoms with van der Waals surface area (Å²) in [6.07, 6.45) is 3.09. The Kier molecular flexibility index (Phi) is 6.12. The molecule has 0 aliphatic heterocycles. The van der Waals surface area contributed by atoms with Crippen LogP contribution in [0.4, 0.5) is 17.5 Å². The van der Waals surface area contributed by atoms with Gasteiger partial charge in [-0.15, -0.1) is 11.8 Å². The average Bonchev–Trinajstić information content (AvgIpc) is 2.68.